The molecule has 112 valence electrons. The maximum Gasteiger partial charge on any atom is 0.141 e. The topological polar surface area (TPSA) is 66.9 Å². The van der Waals surface area contributed by atoms with Gasteiger partial charge in [0.05, 0.1) is 12.1 Å². The van der Waals surface area contributed by atoms with Gasteiger partial charge >= 0.3 is 0 Å². The molecule has 0 unspecified atom stereocenters. The van der Waals surface area contributed by atoms with Crippen molar-refractivity contribution in [2.75, 3.05) is 26.0 Å². The van der Waals surface area contributed by atoms with Crippen molar-refractivity contribution >= 4 is 11.8 Å². The number of methoxy groups -OCH3 is 1. The lowest BCUT2D eigenvalue weighted by molar-refractivity contribution is 0.109. The molecule has 1 N–H and O–H groups in total. The van der Waals surface area contributed by atoms with Gasteiger partial charge in [-0.15, -0.1) is 11.8 Å². The van der Waals surface area contributed by atoms with Crippen LogP contribution in [0.2, 0.25) is 0 Å². The number of aromatic nitrogens is 4. The molecule has 1 aliphatic rings. The van der Waals surface area contributed by atoms with Crippen LogP contribution in [0.4, 0.5) is 0 Å². The highest BCUT2D eigenvalue weighted by atomic mass is 32.2. The molecule has 3 heterocycles. The smallest absolute Gasteiger partial charge is 0.141 e. The van der Waals surface area contributed by atoms with Crippen molar-refractivity contribution in [1.29, 1.82) is 0 Å². The van der Waals surface area contributed by atoms with Crippen LogP contribution >= 0.6 is 11.8 Å². The molecule has 0 spiro atoms. The van der Waals surface area contributed by atoms with E-state index >= 15 is 0 Å². The molecule has 1 saturated heterocycles. The average Bonchev–Trinajstić information content (AvgIpc) is 3.17. The van der Waals surface area contributed by atoms with Crippen LogP contribution in [0.5, 0.6) is 0 Å². The van der Waals surface area contributed by atoms with Crippen molar-refractivity contribution in [1.82, 2.24) is 25.1 Å². The van der Waals surface area contributed by atoms with E-state index in [2.05, 4.69) is 25.1 Å². The number of thioether (sulfide) groups is 1. The summed E-state index contributed by atoms with van der Waals surface area (Å²) in [6, 6.07) is 4.36. The molecule has 1 fully saturated rings. The van der Waals surface area contributed by atoms with Gasteiger partial charge in [-0.1, -0.05) is 0 Å². The monoisotopic (exact) mass is 305 g/mol. The fraction of sp³-hybridized carbons (Fsp3) is 0.500. The molecule has 0 radical (unpaired) electrons. The first-order chi connectivity index (χ1) is 10.4. The number of H-pyrrole nitrogens is 1. The van der Waals surface area contributed by atoms with E-state index < -0.39 is 0 Å². The van der Waals surface area contributed by atoms with Crippen LogP contribution in [-0.4, -0.2) is 57.1 Å². The minimum absolute atomic E-state index is 0.269. The largest absolute Gasteiger partial charge is 0.380 e. The fourth-order valence-electron chi connectivity index (χ4n) is 2.65. The number of nitrogens with zero attached hydrogens (tertiary/aromatic N) is 4. The van der Waals surface area contributed by atoms with Gasteiger partial charge in [0.2, 0.25) is 0 Å². The Morgan fingerprint density at radius 2 is 2.29 bits per heavy atom. The van der Waals surface area contributed by atoms with Crippen LogP contribution in [0, 0.1) is 0 Å². The van der Waals surface area contributed by atoms with E-state index in [9.17, 15) is 0 Å². The van der Waals surface area contributed by atoms with Gasteiger partial charge in [-0.05, 0) is 18.6 Å². The van der Waals surface area contributed by atoms with Crippen LogP contribution in [0.15, 0.2) is 35.7 Å². The predicted octanol–water partition coefficient (Wildman–Crippen LogP) is 1.75. The third kappa shape index (κ3) is 3.61. The normalized spacial score (nSPS) is 22.7. The first kappa shape index (κ1) is 14.5. The Kier molecular flexibility index (Phi) is 4.84. The molecule has 7 heteroatoms. The maximum absolute atomic E-state index is 5.52. The number of likely N-dealkylation sites (tertiary alicyclic amines) is 1. The summed E-state index contributed by atoms with van der Waals surface area (Å²) in [7, 11) is 1.78. The molecule has 1 aliphatic heterocycles. The quantitative estimate of drug-likeness (QED) is 0.820. The highest BCUT2D eigenvalue weighted by Crippen LogP contribution is 2.31. The fourth-order valence-corrected chi connectivity index (χ4v) is 3.53. The number of rotatable bonds is 6. The first-order valence-electron chi connectivity index (χ1n) is 7.01. The second-order valence-electron chi connectivity index (χ2n) is 5.01. The van der Waals surface area contributed by atoms with Crippen LogP contribution < -0.4 is 0 Å². The van der Waals surface area contributed by atoms with Crippen molar-refractivity contribution in [3.63, 3.8) is 0 Å². The summed E-state index contributed by atoms with van der Waals surface area (Å²) in [6.07, 6.45) is 6.46. The lowest BCUT2D eigenvalue weighted by Crippen LogP contribution is -2.28. The third-order valence-corrected chi connectivity index (χ3v) is 4.74. The van der Waals surface area contributed by atoms with E-state index in [-0.39, 0.29) is 12.1 Å². The van der Waals surface area contributed by atoms with Gasteiger partial charge in [-0.25, -0.2) is 4.98 Å². The lowest BCUT2D eigenvalue weighted by atomic mass is 10.2. The van der Waals surface area contributed by atoms with Gasteiger partial charge < -0.3 is 4.74 Å². The van der Waals surface area contributed by atoms with E-state index in [1.807, 2.05) is 36.3 Å². The summed E-state index contributed by atoms with van der Waals surface area (Å²) in [6.45, 7) is 1.94. The molecular formula is C14H19N5OS. The highest BCUT2D eigenvalue weighted by molar-refractivity contribution is 7.99. The van der Waals surface area contributed by atoms with Gasteiger partial charge in [-0.3, -0.25) is 15.0 Å². The highest BCUT2D eigenvalue weighted by Gasteiger charge is 2.34. The van der Waals surface area contributed by atoms with E-state index in [1.165, 1.54) is 4.90 Å². The third-order valence-electron chi connectivity index (χ3n) is 3.74. The molecule has 21 heavy (non-hydrogen) atoms. The van der Waals surface area contributed by atoms with Crippen LogP contribution in [0.3, 0.4) is 0 Å². The number of aromatic amines is 1. The van der Waals surface area contributed by atoms with Gasteiger partial charge in [0.25, 0.3) is 0 Å². The predicted molar refractivity (Wildman–Crippen MR) is 81.1 cm³/mol. The molecule has 2 atom stereocenters. The van der Waals surface area contributed by atoms with Crippen molar-refractivity contribution in [2.45, 2.75) is 23.5 Å². The summed E-state index contributed by atoms with van der Waals surface area (Å²) in [5.41, 5.74) is 0. The van der Waals surface area contributed by atoms with E-state index in [4.69, 9.17) is 4.74 Å². The van der Waals surface area contributed by atoms with Crippen molar-refractivity contribution in [2.24, 2.45) is 0 Å². The van der Waals surface area contributed by atoms with Crippen LogP contribution in [0.25, 0.3) is 0 Å². The molecule has 0 aromatic carbocycles. The maximum atomic E-state index is 5.52. The van der Waals surface area contributed by atoms with E-state index in [0.29, 0.717) is 0 Å². The molecule has 0 saturated carbocycles. The summed E-state index contributed by atoms with van der Waals surface area (Å²) >= 11 is 1.85. The number of hydrogen-bond donors (Lipinski definition) is 1. The Balaban J connectivity index is 1.57. The molecule has 3 rings (SSSR count). The second-order valence-corrected chi connectivity index (χ2v) is 6.17. The van der Waals surface area contributed by atoms with Gasteiger partial charge in [-0.2, -0.15) is 5.10 Å². The molecule has 0 aliphatic carbocycles. The second kappa shape index (κ2) is 7.02. The minimum atomic E-state index is 0.269. The number of pyridine rings is 1. The summed E-state index contributed by atoms with van der Waals surface area (Å²) in [5, 5.41) is 6.95. The Morgan fingerprint density at radius 3 is 3.00 bits per heavy atom. The number of hydrogen-bond acceptors (Lipinski definition) is 6. The number of nitrogens with one attached hydrogen (secondary N) is 1. The summed E-state index contributed by atoms with van der Waals surface area (Å²) in [4.78, 5) is 12.0. The molecular weight excluding hydrogens is 286 g/mol. The number of ether oxygens (including phenoxy) is 1. The Labute approximate surface area is 128 Å². The minimum Gasteiger partial charge on any atom is -0.380 e. The summed E-state index contributed by atoms with van der Waals surface area (Å²) < 4.78 is 5.52. The van der Waals surface area contributed by atoms with Gasteiger partial charge in [0, 0.05) is 43.2 Å². The average molecular weight is 305 g/mol. The molecule has 0 amide bonds. The lowest BCUT2D eigenvalue weighted by Gasteiger charge is -2.21. The van der Waals surface area contributed by atoms with E-state index in [0.717, 1.165) is 31.1 Å². The zero-order valence-electron chi connectivity index (χ0n) is 12.0. The van der Waals surface area contributed by atoms with Crippen LogP contribution in [-0.2, 0) is 4.74 Å². The molecule has 6 nitrogen and oxygen atoms in total. The van der Waals surface area contributed by atoms with Crippen LogP contribution in [0.1, 0.15) is 18.3 Å². The van der Waals surface area contributed by atoms with Crippen molar-refractivity contribution in [3.05, 3.63) is 36.7 Å². The van der Waals surface area contributed by atoms with Crippen molar-refractivity contribution < 1.29 is 4.74 Å². The van der Waals surface area contributed by atoms with Crippen molar-refractivity contribution in [3.8, 4) is 0 Å². The molecule has 2 aromatic rings. The first-order valence-corrected chi connectivity index (χ1v) is 8.00. The standard InChI is InChI=1S/C14H19N5OS/c1-20-11-8-13(14-16-10-17-18-14)19(9-11)6-7-21-12-2-4-15-5-3-12/h2-5,10-11,13H,6-9H2,1H3,(H,16,17,18)/t11-,13+/m1/s1. The van der Waals surface area contributed by atoms with E-state index in [1.54, 1.807) is 13.4 Å². The van der Waals surface area contributed by atoms with Gasteiger partial charge in [0.1, 0.15) is 12.2 Å². The zero-order valence-corrected chi connectivity index (χ0v) is 12.8. The molecule has 2 aromatic heterocycles. The zero-order chi connectivity index (χ0) is 14.5. The molecule has 0 bridgehead atoms. The Bertz CT molecular complexity index is 536. The SMILES string of the molecule is CO[C@@H]1C[C@@H](c2ncn[nH]2)N(CCSc2ccncc2)C1. The summed E-state index contributed by atoms with van der Waals surface area (Å²) in [5.74, 6) is 1.97. The Morgan fingerprint density at radius 1 is 1.43 bits per heavy atom. The Hall–Kier alpha value is -1.44. The van der Waals surface area contributed by atoms with Gasteiger partial charge in [0.15, 0.2) is 0 Å².